The second-order valence-electron chi connectivity index (χ2n) is 3.36. The Morgan fingerprint density at radius 1 is 1.45 bits per heavy atom. The van der Waals surface area contributed by atoms with Crippen LogP contribution in [-0.2, 0) is 4.74 Å². The van der Waals surface area contributed by atoms with Gasteiger partial charge in [-0.15, -0.1) is 0 Å². The van der Waals surface area contributed by atoms with Crippen LogP contribution >= 0.6 is 0 Å². The van der Waals surface area contributed by atoms with Crippen LogP contribution in [0.15, 0.2) is 0 Å². The summed E-state index contributed by atoms with van der Waals surface area (Å²) in [5.41, 5.74) is 0. The minimum atomic E-state index is 0.508. The zero-order chi connectivity index (χ0) is 8.27. The Balaban J connectivity index is 2.19. The lowest BCUT2D eigenvalue weighted by molar-refractivity contribution is 0.315. The third-order valence-electron chi connectivity index (χ3n) is 2.36. The summed E-state index contributed by atoms with van der Waals surface area (Å²) >= 11 is 0. The van der Waals surface area contributed by atoms with Gasteiger partial charge in [-0.3, -0.25) is 0 Å². The van der Waals surface area contributed by atoms with E-state index in [4.69, 9.17) is 4.74 Å². The number of rotatable bonds is 5. The molecule has 0 aliphatic carbocycles. The molecule has 66 valence electrons. The van der Waals surface area contributed by atoms with Crippen molar-refractivity contribution < 1.29 is 4.74 Å². The highest BCUT2D eigenvalue weighted by Crippen LogP contribution is 2.17. The van der Waals surface area contributed by atoms with Gasteiger partial charge in [-0.25, -0.2) is 0 Å². The highest BCUT2D eigenvalue weighted by molar-refractivity contribution is 4.85. The fraction of sp³-hybridized carbons (Fsp3) is 1.00. The fourth-order valence-corrected chi connectivity index (χ4v) is 1.26. The minimum Gasteiger partial charge on any atom is -0.371 e. The van der Waals surface area contributed by atoms with Gasteiger partial charge in [0.25, 0.3) is 0 Å². The number of nitrogens with one attached hydrogen (secondary N) is 1. The van der Waals surface area contributed by atoms with E-state index in [2.05, 4.69) is 26.1 Å². The maximum Gasteiger partial charge on any atom is 0.0962 e. The first-order valence-electron chi connectivity index (χ1n) is 4.65. The second kappa shape index (κ2) is 4.07. The maximum atomic E-state index is 5.24. The van der Waals surface area contributed by atoms with Crippen LogP contribution in [0.4, 0.5) is 0 Å². The van der Waals surface area contributed by atoms with E-state index in [1.165, 1.54) is 12.8 Å². The van der Waals surface area contributed by atoms with Gasteiger partial charge in [0.15, 0.2) is 0 Å². The summed E-state index contributed by atoms with van der Waals surface area (Å²) in [5, 5.41) is 3.55. The predicted octanol–water partition coefficient (Wildman–Crippen LogP) is 1.55. The molecule has 0 aromatic carbocycles. The molecule has 0 radical (unpaired) electrons. The van der Waals surface area contributed by atoms with Gasteiger partial charge in [-0.2, -0.15) is 0 Å². The first-order chi connectivity index (χ1) is 5.27. The van der Waals surface area contributed by atoms with Crippen molar-refractivity contribution in [3.05, 3.63) is 0 Å². The van der Waals surface area contributed by atoms with Gasteiger partial charge in [0.05, 0.1) is 12.7 Å². The van der Waals surface area contributed by atoms with Crippen molar-refractivity contribution in [3.8, 4) is 0 Å². The molecule has 0 spiro atoms. The molecule has 11 heavy (non-hydrogen) atoms. The third-order valence-corrected chi connectivity index (χ3v) is 2.36. The quantitative estimate of drug-likeness (QED) is 0.612. The number of ether oxygens (including phenoxy) is 1. The highest BCUT2D eigenvalue weighted by Gasteiger charge is 2.31. The van der Waals surface area contributed by atoms with Crippen LogP contribution in [-0.4, -0.2) is 24.8 Å². The summed E-state index contributed by atoms with van der Waals surface area (Å²) in [5.74, 6) is 0. The molecule has 0 bridgehead atoms. The van der Waals surface area contributed by atoms with E-state index in [1.807, 2.05) is 0 Å². The van der Waals surface area contributed by atoms with Crippen molar-refractivity contribution in [2.45, 2.75) is 51.8 Å². The molecule has 1 heterocycles. The summed E-state index contributed by atoms with van der Waals surface area (Å²) in [6.45, 7) is 7.60. The van der Waals surface area contributed by atoms with Crippen molar-refractivity contribution in [2.75, 3.05) is 6.61 Å². The van der Waals surface area contributed by atoms with Crippen LogP contribution in [0.25, 0.3) is 0 Å². The third kappa shape index (κ3) is 2.80. The maximum absolute atomic E-state index is 5.24. The molecule has 3 atom stereocenters. The Morgan fingerprint density at radius 2 is 2.09 bits per heavy atom. The Hall–Kier alpha value is -0.0800. The van der Waals surface area contributed by atoms with Gasteiger partial charge in [0.2, 0.25) is 0 Å². The molecule has 1 aliphatic heterocycles. The van der Waals surface area contributed by atoms with Crippen molar-refractivity contribution in [2.24, 2.45) is 0 Å². The predicted molar refractivity (Wildman–Crippen MR) is 46.7 cm³/mol. The molecule has 3 unspecified atom stereocenters. The van der Waals surface area contributed by atoms with Crippen LogP contribution in [0.2, 0.25) is 0 Å². The largest absolute Gasteiger partial charge is 0.371 e. The topological polar surface area (TPSA) is 24.6 Å². The molecule has 2 nitrogen and oxygen atoms in total. The van der Waals surface area contributed by atoms with Crippen molar-refractivity contribution >= 4 is 0 Å². The second-order valence-corrected chi connectivity index (χ2v) is 3.36. The van der Waals surface area contributed by atoms with Gasteiger partial charge in [0.1, 0.15) is 0 Å². The van der Waals surface area contributed by atoms with E-state index in [9.17, 15) is 0 Å². The van der Waals surface area contributed by atoms with Gasteiger partial charge >= 0.3 is 0 Å². The van der Waals surface area contributed by atoms with Gasteiger partial charge in [-0.05, 0) is 19.8 Å². The SMILES string of the molecule is CCC(C)NC(CC)C1CO1. The normalized spacial score (nSPS) is 28.1. The molecule has 0 aromatic heterocycles. The number of hydrogen-bond acceptors (Lipinski definition) is 2. The monoisotopic (exact) mass is 157 g/mol. The van der Waals surface area contributed by atoms with E-state index in [-0.39, 0.29) is 0 Å². The van der Waals surface area contributed by atoms with Crippen LogP contribution < -0.4 is 5.32 Å². The lowest BCUT2D eigenvalue weighted by Crippen LogP contribution is -2.39. The van der Waals surface area contributed by atoms with Crippen LogP contribution in [0, 0.1) is 0 Å². The minimum absolute atomic E-state index is 0.508. The molecule has 2 heteroatoms. The standard InChI is InChI=1S/C9H19NO/c1-4-7(3)10-8(5-2)9-6-11-9/h7-10H,4-6H2,1-3H3. The first kappa shape index (κ1) is 9.01. The first-order valence-corrected chi connectivity index (χ1v) is 4.65. The van der Waals surface area contributed by atoms with Gasteiger partial charge < -0.3 is 10.1 Å². The van der Waals surface area contributed by atoms with Gasteiger partial charge in [0, 0.05) is 12.1 Å². The Bertz CT molecular complexity index is 112. The molecule has 0 amide bonds. The summed E-state index contributed by atoms with van der Waals surface area (Å²) in [6, 6.07) is 1.22. The van der Waals surface area contributed by atoms with Crippen molar-refractivity contribution in [3.63, 3.8) is 0 Å². The molecular weight excluding hydrogens is 138 g/mol. The molecule has 0 aromatic rings. The smallest absolute Gasteiger partial charge is 0.0962 e. The molecule has 1 N–H and O–H groups in total. The molecule has 1 saturated heterocycles. The van der Waals surface area contributed by atoms with Crippen molar-refractivity contribution in [1.82, 2.24) is 5.32 Å². The number of hydrogen-bond donors (Lipinski definition) is 1. The molecule has 1 aliphatic rings. The van der Waals surface area contributed by atoms with E-state index >= 15 is 0 Å². The van der Waals surface area contributed by atoms with Crippen molar-refractivity contribution in [1.29, 1.82) is 0 Å². The summed E-state index contributed by atoms with van der Waals surface area (Å²) in [6.07, 6.45) is 2.88. The summed E-state index contributed by atoms with van der Waals surface area (Å²) in [4.78, 5) is 0. The Kier molecular flexibility index (Phi) is 3.34. The van der Waals surface area contributed by atoms with E-state index in [0.29, 0.717) is 18.2 Å². The van der Waals surface area contributed by atoms with Gasteiger partial charge in [-0.1, -0.05) is 13.8 Å². The van der Waals surface area contributed by atoms with Crippen LogP contribution in [0.5, 0.6) is 0 Å². The number of epoxide rings is 1. The van der Waals surface area contributed by atoms with E-state index in [0.717, 1.165) is 6.61 Å². The average Bonchev–Trinajstić information content (AvgIpc) is 2.82. The molecule has 1 rings (SSSR count). The lowest BCUT2D eigenvalue weighted by atomic mass is 10.1. The van der Waals surface area contributed by atoms with E-state index in [1.54, 1.807) is 0 Å². The molecular formula is C9H19NO. The zero-order valence-electron chi connectivity index (χ0n) is 7.76. The summed E-state index contributed by atoms with van der Waals surface area (Å²) < 4.78 is 5.24. The highest BCUT2D eigenvalue weighted by atomic mass is 16.6. The van der Waals surface area contributed by atoms with Crippen LogP contribution in [0.1, 0.15) is 33.6 Å². The zero-order valence-corrected chi connectivity index (χ0v) is 7.76. The average molecular weight is 157 g/mol. The molecule has 0 saturated carbocycles. The summed E-state index contributed by atoms with van der Waals surface area (Å²) in [7, 11) is 0. The lowest BCUT2D eigenvalue weighted by Gasteiger charge is -2.19. The van der Waals surface area contributed by atoms with Crippen LogP contribution in [0.3, 0.4) is 0 Å². The van der Waals surface area contributed by atoms with E-state index < -0.39 is 0 Å². The fourth-order valence-electron chi connectivity index (χ4n) is 1.26. The molecule has 1 fully saturated rings. The Labute approximate surface area is 69.3 Å². The Morgan fingerprint density at radius 3 is 2.45 bits per heavy atom.